The number of likely N-dealkylation sites (tertiary alicyclic amines) is 1. The summed E-state index contributed by atoms with van der Waals surface area (Å²) in [6, 6.07) is 7.22. The second kappa shape index (κ2) is 8.08. The lowest BCUT2D eigenvalue weighted by molar-refractivity contribution is -0.143. The monoisotopic (exact) mass is 390 g/mol. The van der Waals surface area contributed by atoms with E-state index >= 15 is 0 Å². The molecule has 1 amide bonds. The van der Waals surface area contributed by atoms with E-state index in [2.05, 4.69) is 10.3 Å². The number of hydrogen-bond acceptors (Lipinski definition) is 4. The van der Waals surface area contributed by atoms with E-state index in [1.165, 1.54) is 0 Å². The van der Waals surface area contributed by atoms with Gasteiger partial charge in [-0.15, -0.1) is 5.10 Å². The Morgan fingerprint density at radius 2 is 2.11 bits per heavy atom. The molecule has 0 spiro atoms. The molecule has 1 N–H and O–H groups in total. The van der Waals surface area contributed by atoms with E-state index in [9.17, 15) is 14.7 Å². The molecule has 0 radical (unpaired) electrons. The zero-order valence-electron chi connectivity index (χ0n) is 15.4. The number of aromatic nitrogens is 3. The van der Waals surface area contributed by atoms with Crippen LogP contribution >= 0.6 is 11.6 Å². The molecule has 2 heterocycles. The highest BCUT2D eigenvalue weighted by Crippen LogP contribution is 2.25. The van der Waals surface area contributed by atoms with Crippen LogP contribution in [-0.2, 0) is 11.2 Å². The van der Waals surface area contributed by atoms with Crippen molar-refractivity contribution in [3.63, 3.8) is 0 Å². The number of benzene rings is 1. The van der Waals surface area contributed by atoms with Crippen LogP contribution in [-0.4, -0.2) is 50.0 Å². The second-order valence-electron chi connectivity index (χ2n) is 7.11. The van der Waals surface area contributed by atoms with Gasteiger partial charge in [-0.05, 0) is 37.0 Å². The van der Waals surface area contributed by atoms with E-state index in [0.717, 1.165) is 17.8 Å². The molecule has 1 aromatic carbocycles. The predicted molar refractivity (Wildman–Crippen MR) is 101 cm³/mol. The van der Waals surface area contributed by atoms with Gasteiger partial charge >= 0.3 is 5.97 Å². The molecule has 3 rings (SSSR count). The van der Waals surface area contributed by atoms with Crippen LogP contribution in [0.4, 0.5) is 0 Å². The molecule has 144 valence electrons. The van der Waals surface area contributed by atoms with Crippen molar-refractivity contribution in [3.8, 4) is 5.69 Å². The maximum absolute atomic E-state index is 13.1. The number of carboxylic acid groups (broad SMARTS) is 1. The highest BCUT2D eigenvalue weighted by molar-refractivity contribution is 6.30. The van der Waals surface area contributed by atoms with Crippen molar-refractivity contribution in [2.45, 2.75) is 33.1 Å². The Morgan fingerprint density at radius 1 is 1.33 bits per heavy atom. The minimum absolute atomic E-state index is 0.126. The SMILES string of the molecule is CCCc1c(C(=O)N2CC(C)CC(C(=O)O)C2)nnn1-c1cccc(Cl)c1. The Kier molecular flexibility index (Phi) is 5.79. The van der Waals surface area contributed by atoms with Gasteiger partial charge in [0.1, 0.15) is 0 Å². The third kappa shape index (κ3) is 4.13. The van der Waals surface area contributed by atoms with Crippen LogP contribution in [0.5, 0.6) is 0 Å². The predicted octanol–water partition coefficient (Wildman–Crippen LogP) is 3.06. The minimum atomic E-state index is -0.865. The molecule has 0 aliphatic carbocycles. The number of carbonyl (C=O) groups excluding carboxylic acids is 1. The number of carboxylic acids is 1. The molecule has 0 bridgehead atoms. The van der Waals surface area contributed by atoms with Gasteiger partial charge in [0.05, 0.1) is 17.3 Å². The average Bonchev–Trinajstić information content (AvgIpc) is 3.04. The summed E-state index contributed by atoms with van der Waals surface area (Å²) in [5, 5.41) is 18.3. The van der Waals surface area contributed by atoms with Gasteiger partial charge < -0.3 is 10.0 Å². The lowest BCUT2D eigenvalue weighted by atomic mass is 9.90. The summed E-state index contributed by atoms with van der Waals surface area (Å²) in [6.07, 6.45) is 2.03. The highest BCUT2D eigenvalue weighted by Gasteiger charge is 2.34. The number of carbonyl (C=O) groups is 2. The summed E-state index contributed by atoms with van der Waals surface area (Å²) in [7, 11) is 0. The number of halogens is 1. The van der Waals surface area contributed by atoms with Gasteiger partial charge in [-0.2, -0.15) is 0 Å². The van der Waals surface area contributed by atoms with Crippen LogP contribution in [0.15, 0.2) is 24.3 Å². The van der Waals surface area contributed by atoms with Crippen molar-refractivity contribution < 1.29 is 14.7 Å². The van der Waals surface area contributed by atoms with Crippen molar-refractivity contribution in [3.05, 3.63) is 40.7 Å². The lowest BCUT2D eigenvalue weighted by Gasteiger charge is -2.34. The average molecular weight is 391 g/mol. The Hall–Kier alpha value is -2.41. The topological polar surface area (TPSA) is 88.3 Å². The fourth-order valence-electron chi connectivity index (χ4n) is 3.59. The van der Waals surface area contributed by atoms with Crippen molar-refractivity contribution in [1.29, 1.82) is 0 Å². The van der Waals surface area contributed by atoms with Gasteiger partial charge in [0.15, 0.2) is 5.69 Å². The van der Waals surface area contributed by atoms with Crippen molar-refractivity contribution in [1.82, 2.24) is 19.9 Å². The minimum Gasteiger partial charge on any atom is -0.481 e. The Labute approximate surface area is 162 Å². The largest absolute Gasteiger partial charge is 0.481 e. The van der Waals surface area contributed by atoms with E-state index in [1.807, 2.05) is 26.0 Å². The molecule has 7 nitrogen and oxygen atoms in total. The fraction of sp³-hybridized carbons (Fsp3) is 0.474. The molecule has 1 aromatic heterocycles. The van der Waals surface area contributed by atoms with E-state index in [0.29, 0.717) is 24.4 Å². The van der Waals surface area contributed by atoms with Gasteiger partial charge in [-0.25, -0.2) is 4.68 Å². The number of nitrogens with zero attached hydrogens (tertiary/aromatic N) is 4. The molecule has 1 saturated heterocycles. The zero-order valence-corrected chi connectivity index (χ0v) is 16.2. The van der Waals surface area contributed by atoms with Crippen molar-refractivity contribution in [2.24, 2.45) is 11.8 Å². The molecule has 27 heavy (non-hydrogen) atoms. The first-order chi connectivity index (χ1) is 12.9. The molecule has 8 heteroatoms. The van der Waals surface area contributed by atoms with Crippen LogP contribution in [0.2, 0.25) is 5.02 Å². The smallest absolute Gasteiger partial charge is 0.308 e. The molecule has 1 aliphatic heterocycles. The van der Waals surface area contributed by atoms with Gasteiger partial charge in [0, 0.05) is 18.1 Å². The number of rotatable bonds is 5. The summed E-state index contributed by atoms with van der Waals surface area (Å²) >= 11 is 6.08. The second-order valence-corrected chi connectivity index (χ2v) is 7.55. The number of amides is 1. The molecule has 1 aliphatic rings. The third-order valence-electron chi connectivity index (χ3n) is 4.80. The summed E-state index contributed by atoms with van der Waals surface area (Å²) in [6.45, 7) is 4.71. The van der Waals surface area contributed by atoms with Crippen LogP contribution < -0.4 is 0 Å². The van der Waals surface area contributed by atoms with Gasteiger partial charge in [-0.3, -0.25) is 9.59 Å². The standard InChI is InChI=1S/C19H23ClN4O3/c1-3-5-16-17(21-22-24(16)15-7-4-6-14(20)9-15)18(25)23-10-12(2)8-13(11-23)19(26)27/h4,6-7,9,12-13H,3,5,8,10-11H2,1-2H3,(H,26,27). The van der Waals surface area contributed by atoms with Crippen LogP contribution in [0.1, 0.15) is 42.9 Å². The number of piperidine rings is 1. The fourth-order valence-corrected chi connectivity index (χ4v) is 3.77. The van der Waals surface area contributed by atoms with Gasteiger partial charge in [-0.1, -0.05) is 43.1 Å². The van der Waals surface area contributed by atoms with Crippen molar-refractivity contribution in [2.75, 3.05) is 13.1 Å². The number of aliphatic carboxylic acids is 1. The molecule has 1 fully saturated rings. The van der Waals surface area contributed by atoms with E-state index < -0.39 is 11.9 Å². The van der Waals surface area contributed by atoms with E-state index in [1.54, 1.807) is 21.7 Å². The quantitative estimate of drug-likeness (QED) is 0.847. The summed E-state index contributed by atoms with van der Waals surface area (Å²) in [4.78, 5) is 26.1. The maximum Gasteiger partial charge on any atom is 0.308 e. The molecule has 2 aromatic rings. The van der Waals surface area contributed by atoms with Crippen LogP contribution in [0.3, 0.4) is 0 Å². The molecule has 2 atom stereocenters. The molecule has 0 saturated carbocycles. The molecule has 2 unspecified atom stereocenters. The first kappa shape index (κ1) is 19.4. The van der Waals surface area contributed by atoms with Gasteiger partial charge in [0.2, 0.25) is 0 Å². The van der Waals surface area contributed by atoms with Crippen molar-refractivity contribution >= 4 is 23.5 Å². The lowest BCUT2D eigenvalue weighted by Crippen LogP contribution is -2.45. The normalized spacial score (nSPS) is 19.9. The highest BCUT2D eigenvalue weighted by atomic mass is 35.5. The van der Waals surface area contributed by atoms with Crippen LogP contribution in [0.25, 0.3) is 5.69 Å². The van der Waals surface area contributed by atoms with Gasteiger partial charge in [0.25, 0.3) is 5.91 Å². The number of hydrogen-bond donors (Lipinski definition) is 1. The Bertz CT molecular complexity index is 851. The zero-order chi connectivity index (χ0) is 19.6. The van der Waals surface area contributed by atoms with E-state index in [4.69, 9.17) is 11.6 Å². The molecular formula is C19H23ClN4O3. The summed E-state index contributed by atoms with van der Waals surface area (Å²) < 4.78 is 1.64. The summed E-state index contributed by atoms with van der Waals surface area (Å²) in [5.74, 6) is -1.54. The summed E-state index contributed by atoms with van der Waals surface area (Å²) in [5.41, 5.74) is 1.75. The van der Waals surface area contributed by atoms with E-state index in [-0.39, 0.29) is 24.1 Å². The maximum atomic E-state index is 13.1. The third-order valence-corrected chi connectivity index (χ3v) is 5.04. The Balaban J connectivity index is 1.94. The first-order valence-corrected chi connectivity index (χ1v) is 9.51. The molecular weight excluding hydrogens is 368 g/mol. The first-order valence-electron chi connectivity index (χ1n) is 9.13. The van der Waals surface area contributed by atoms with Crippen LogP contribution in [0, 0.1) is 11.8 Å². The Morgan fingerprint density at radius 3 is 2.78 bits per heavy atom.